The van der Waals surface area contributed by atoms with Crippen molar-refractivity contribution < 1.29 is 8.78 Å². The average Bonchev–Trinajstić information content (AvgIpc) is 2.66. The van der Waals surface area contributed by atoms with Gasteiger partial charge in [-0.3, -0.25) is 0 Å². The molecule has 3 rings (SSSR count). The zero-order valence-electron chi connectivity index (χ0n) is 10.4. The summed E-state index contributed by atoms with van der Waals surface area (Å²) in [5.74, 6) is -1.55. The Bertz CT molecular complexity index is 564. The summed E-state index contributed by atoms with van der Waals surface area (Å²) in [6, 6.07) is 8.07. The van der Waals surface area contributed by atoms with E-state index >= 15 is 0 Å². The van der Waals surface area contributed by atoms with Gasteiger partial charge in [0.15, 0.2) is 0 Å². The van der Waals surface area contributed by atoms with Crippen molar-refractivity contribution in [3.8, 4) is 0 Å². The van der Waals surface area contributed by atoms with Crippen molar-refractivity contribution in [3.63, 3.8) is 0 Å². The zero-order valence-corrected chi connectivity index (χ0v) is 10.4. The molecular formula is C14H16F2N2. The molecule has 4 heteroatoms. The van der Waals surface area contributed by atoms with E-state index in [2.05, 4.69) is 9.55 Å². The van der Waals surface area contributed by atoms with E-state index in [0.717, 1.165) is 16.9 Å². The highest BCUT2D eigenvalue weighted by atomic mass is 19.3. The summed E-state index contributed by atoms with van der Waals surface area (Å²) in [4.78, 5) is 4.50. The molecule has 18 heavy (non-hydrogen) atoms. The van der Waals surface area contributed by atoms with Crippen molar-refractivity contribution in [2.24, 2.45) is 0 Å². The molecule has 1 fully saturated rings. The maximum absolute atomic E-state index is 13.2. The SMILES string of the molecule is Cc1nc2ccccc2n1C1CCC(F)(F)CC1. The van der Waals surface area contributed by atoms with Crippen LogP contribution >= 0.6 is 0 Å². The van der Waals surface area contributed by atoms with Gasteiger partial charge >= 0.3 is 0 Å². The summed E-state index contributed by atoms with van der Waals surface area (Å²) < 4.78 is 28.5. The lowest BCUT2D eigenvalue weighted by Crippen LogP contribution is -2.26. The van der Waals surface area contributed by atoms with Gasteiger partial charge < -0.3 is 4.57 Å². The van der Waals surface area contributed by atoms with Gasteiger partial charge in [-0.25, -0.2) is 13.8 Å². The third-order valence-corrected chi connectivity index (χ3v) is 3.82. The lowest BCUT2D eigenvalue weighted by molar-refractivity contribution is -0.0437. The number of halogens is 2. The van der Waals surface area contributed by atoms with Crippen LogP contribution in [0.3, 0.4) is 0 Å². The molecule has 0 N–H and O–H groups in total. The van der Waals surface area contributed by atoms with Gasteiger partial charge in [0.1, 0.15) is 5.82 Å². The van der Waals surface area contributed by atoms with E-state index in [1.165, 1.54) is 0 Å². The lowest BCUT2D eigenvalue weighted by Gasteiger charge is -2.30. The Labute approximate surface area is 105 Å². The normalized spacial score (nSPS) is 20.4. The predicted molar refractivity (Wildman–Crippen MR) is 66.9 cm³/mol. The molecule has 0 spiro atoms. The van der Waals surface area contributed by atoms with E-state index < -0.39 is 5.92 Å². The van der Waals surface area contributed by atoms with Crippen molar-refractivity contribution in [1.82, 2.24) is 9.55 Å². The maximum Gasteiger partial charge on any atom is 0.248 e. The minimum atomic E-state index is -2.47. The molecule has 0 bridgehead atoms. The van der Waals surface area contributed by atoms with E-state index in [9.17, 15) is 8.78 Å². The Balaban J connectivity index is 1.97. The first kappa shape index (κ1) is 11.6. The van der Waals surface area contributed by atoms with Crippen molar-refractivity contribution >= 4 is 11.0 Å². The number of aromatic nitrogens is 2. The van der Waals surface area contributed by atoms with Crippen LogP contribution in [0.5, 0.6) is 0 Å². The fourth-order valence-electron chi connectivity index (χ4n) is 2.91. The van der Waals surface area contributed by atoms with E-state index in [-0.39, 0.29) is 18.9 Å². The van der Waals surface area contributed by atoms with Crippen LogP contribution < -0.4 is 0 Å². The molecule has 0 amide bonds. The molecule has 0 unspecified atom stereocenters. The summed E-state index contributed by atoms with van der Waals surface area (Å²) in [5, 5.41) is 0. The Morgan fingerprint density at radius 3 is 2.61 bits per heavy atom. The van der Waals surface area contributed by atoms with Gasteiger partial charge in [0.05, 0.1) is 11.0 Å². The van der Waals surface area contributed by atoms with Crippen LogP contribution in [0, 0.1) is 6.92 Å². The van der Waals surface area contributed by atoms with Gasteiger partial charge in [0, 0.05) is 18.9 Å². The summed E-state index contributed by atoms with van der Waals surface area (Å²) in [6.45, 7) is 1.95. The number of para-hydroxylation sites is 2. The van der Waals surface area contributed by atoms with E-state index in [4.69, 9.17) is 0 Å². The maximum atomic E-state index is 13.2. The molecule has 1 saturated carbocycles. The number of nitrogens with zero attached hydrogens (tertiary/aromatic N) is 2. The largest absolute Gasteiger partial charge is 0.325 e. The van der Waals surface area contributed by atoms with Gasteiger partial charge in [0.25, 0.3) is 0 Å². The molecule has 1 aliphatic rings. The fraction of sp³-hybridized carbons (Fsp3) is 0.500. The quantitative estimate of drug-likeness (QED) is 0.745. The average molecular weight is 250 g/mol. The monoisotopic (exact) mass is 250 g/mol. The van der Waals surface area contributed by atoms with Crippen LogP contribution in [-0.4, -0.2) is 15.5 Å². The molecule has 0 aliphatic heterocycles. The van der Waals surface area contributed by atoms with Gasteiger partial charge in [-0.2, -0.15) is 0 Å². The van der Waals surface area contributed by atoms with Crippen LogP contribution in [0.4, 0.5) is 8.78 Å². The fourth-order valence-corrected chi connectivity index (χ4v) is 2.91. The van der Waals surface area contributed by atoms with E-state index in [1.54, 1.807) is 0 Å². The first-order valence-corrected chi connectivity index (χ1v) is 6.38. The molecule has 1 aliphatic carbocycles. The smallest absolute Gasteiger partial charge is 0.248 e. The molecule has 2 nitrogen and oxygen atoms in total. The van der Waals surface area contributed by atoms with E-state index in [0.29, 0.717) is 12.8 Å². The minimum Gasteiger partial charge on any atom is -0.325 e. The minimum absolute atomic E-state index is 0.0103. The third-order valence-electron chi connectivity index (χ3n) is 3.82. The summed E-state index contributed by atoms with van der Waals surface area (Å²) in [6.07, 6.45) is 1.05. The number of alkyl halides is 2. The van der Waals surface area contributed by atoms with Crippen LogP contribution in [0.2, 0.25) is 0 Å². The highest BCUT2D eigenvalue weighted by Crippen LogP contribution is 2.39. The summed E-state index contributed by atoms with van der Waals surface area (Å²) in [7, 11) is 0. The van der Waals surface area contributed by atoms with Crippen LogP contribution in [0.1, 0.15) is 37.5 Å². The van der Waals surface area contributed by atoms with Crippen molar-refractivity contribution in [1.29, 1.82) is 0 Å². The second-order valence-electron chi connectivity index (χ2n) is 5.10. The highest BCUT2D eigenvalue weighted by molar-refractivity contribution is 5.76. The van der Waals surface area contributed by atoms with Gasteiger partial charge in [-0.15, -0.1) is 0 Å². The molecular weight excluding hydrogens is 234 g/mol. The van der Waals surface area contributed by atoms with Crippen LogP contribution in [0.25, 0.3) is 11.0 Å². The van der Waals surface area contributed by atoms with Gasteiger partial charge in [-0.1, -0.05) is 12.1 Å². The van der Waals surface area contributed by atoms with Crippen LogP contribution in [0.15, 0.2) is 24.3 Å². The second-order valence-corrected chi connectivity index (χ2v) is 5.10. The summed E-state index contributed by atoms with van der Waals surface area (Å²) in [5.41, 5.74) is 2.01. The Morgan fingerprint density at radius 2 is 1.89 bits per heavy atom. The zero-order chi connectivity index (χ0) is 12.8. The Hall–Kier alpha value is -1.45. The lowest BCUT2D eigenvalue weighted by atomic mass is 9.92. The highest BCUT2D eigenvalue weighted by Gasteiger charge is 2.36. The number of rotatable bonds is 1. The van der Waals surface area contributed by atoms with Crippen molar-refractivity contribution in [2.45, 2.75) is 44.6 Å². The van der Waals surface area contributed by atoms with Crippen molar-refractivity contribution in [3.05, 3.63) is 30.1 Å². The summed E-state index contributed by atoms with van der Waals surface area (Å²) >= 11 is 0. The standard InChI is InChI=1S/C14H16F2N2/c1-10-17-12-4-2-3-5-13(12)18(10)11-6-8-14(15,16)9-7-11/h2-5,11H,6-9H2,1H3. The number of hydrogen-bond acceptors (Lipinski definition) is 1. The van der Waals surface area contributed by atoms with Gasteiger partial charge in [0.2, 0.25) is 5.92 Å². The number of aryl methyl sites for hydroxylation is 1. The molecule has 0 atom stereocenters. The third kappa shape index (κ3) is 1.89. The Kier molecular flexibility index (Phi) is 2.61. The van der Waals surface area contributed by atoms with E-state index in [1.807, 2.05) is 31.2 Å². The predicted octanol–water partition coefficient (Wildman–Crippen LogP) is 4.10. The molecule has 0 radical (unpaired) electrons. The van der Waals surface area contributed by atoms with Gasteiger partial charge in [-0.05, 0) is 31.9 Å². The first-order valence-electron chi connectivity index (χ1n) is 6.38. The first-order chi connectivity index (χ1) is 8.57. The molecule has 0 saturated heterocycles. The van der Waals surface area contributed by atoms with Crippen LogP contribution in [-0.2, 0) is 0 Å². The molecule has 1 heterocycles. The molecule has 1 aromatic heterocycles. The number of hydrogen-bond donors (Lipinski definition) is 0. The molecule has 1 aromatic carbocycles. The topological polar surface area (TPSA) is 17.8 Å². The number of imidazole rings is 1. The molecule has 2 aromatic rings. The number of fused-ring (bicyclic) bond motifs is 1. The van der Waals surface area contributed by atoms with Crippen molar-refractivity contribution in [2.75, 3.05) is 0 Å². The second kappa shape index (κ2) is 4.04. The number of benzene rings is 1. The molecule has 96 valence electrons. The Morgan fingerprint density at radius 1 is 1.22 bits per heavy atom.